The molecule has 98 valence electrons. The van der Waals surface area contributed by atoms with E-state index in [1.807, 2.05) is 6.92 Å². The molecule has 0 bridgehead atoms. The zero-order valence-corrected chi connectivity index (χ0v) is 10.4. The maximum absolute atomic E-state index is 13.2. The first kappa shape index (κ1) is 13.0. The SMILES string of the molecule is Cc1ccc(C=CC(=O)NCc2ncccc2F)o1. The van der Waals surface area contributed by atoms with E-state index < -0.39 is 5.82 Å². The molecule has 0 saturated heterocycles. The highest BCUT2D eigenvalue weighted by atomic mass is 19.1. The summed E-state index contributed by atoms with van der Waals surface area (Å²) in [5, 5.41) is 2.55. The Kier molecular flexibility index (Phi) is 4.07. The molecular formula is C14H13FN2O2. The maximum Gasteiger partial charge on any atom is 0.244 e. The zero-order chi connectivity index (χ0) is 13.7. The van der Waals surface area contributed by atoms with Crippen molar-refractivity contribution in [3.8, 4) is 0 Å². The number of nitrogens with one attached hydrogen (secondary N) is 1. The molecule has 0 aromatic carbocycles. The standard InChI is InChI=1S/C14H13FN2O2/c1-10-4-5-11(19-10)6-7-14(18)17-9-13-12(15)3-2-8-16-13/h2-8H,9H2,1H3,(H,17,18). The zero-order valence-electron chi connectivity index (χ0n) is 10.4. The largest absolute Gasteiger partial charge is 0.462 e. The molecule has 2 aromatic rings. The molecule has 0 spiro atoms. The topological polar surface area (TPSA) is 55.1 Å². The van der Waals surface area contributed by atoms with Crippen molar-refractivity contribution in [1.29, 1.82) is 0 Å². The number of carbonyl (C=O) groups excluding carboxylic acids is 1. The van der Waals surface area contributed by atoms with Gasteiger partial charge in [0.1, 0.15) is 17.3 Å². The number of furan rings is 1. The monoisotopic (exact) mass is 260 g/mol. The molecule has 0 saturated carbocycles. The van der Waals surface area contributed by atoms with Gasteiger partial charge in [0.2, 0.25) is 5.91 Å². The number of hydrogen-bond donors (Lipinski definition) is 1. The van der Waals surface area contributed by atoms with E-state index >= 15 is 0 Å². The highest BCUT2D eigenvalue weighted by molar-refractivity contribution is 5.91. The van der Waals surface area contributed by atoms with Crippen LogP contribution in [0.4, 0.5) is 4.39 Å². The second kappa shape index (κ2) is 5.95. The predicted octanol–water partition coefficient (Wildman–Crippen LogP) is 2.45. The Hall–Kier alpha value is -2.43. The van der Waals surface area contributed by atoms with Gasteiger partial charge in [-0.1, -0.05) is 0 Å². The normalized spacial score (nSPS) is 10.8. The molecule has 1 amide bonds. The number of hydrogen-bond acceptors (Lipinski definition) is 3. The average Bonchev–Trinajstić information content (AvgIpc) is 2.81. The van der Waals surface area contributed by atoms with Crippen molar-refractivity contribution in [1.82, 2.24) is 10.3 Å². The van der Waals surface area contributed by atoms with Crippen LogP contribution >= 0.6 is 0 Å². The van der Waals surface area contributed by atoms with Gasteiger partial charge in [0.05, 0.1) is 12.2 Å². The third kappa shape index (κ3) is 3.77. The molecule has 0 radical (unpaired) electrons. The van der Waals surface area contributed by atoms with E-state index in [0.29, 0.717) is 5.76 Å². The first-order valence-electron chi connectivity index (χ1n) is 5.77. The molecule has 4 nitrogen and oxygen atoms in total. The molecule has 2 rings (SSSR count). The summed E-state index contributed by atoms with van der Waals surface area (Å²) in [5.41, 5.74) is 0.207. The van der Waals surface area contributed by atoms with E-state index in [9.17, 15) is 9.18 Å². The molecule has 0 aliphatic carbocycles. The Labute approximate surface area is 110 Å². The van der Waals surface area contributed by atoms with E-state index in [4.69, 9.17) is 4.42 Å². The van der Waals surface area contributed by atoms with Gasteiger partial charge < -0.3 is 9.73 Å². The number of aromatic nitrogens is 1. The van der Waals surface area contributed by atoms with Gasteiger partial charge in [0, 0.05) is 12.3 Å². The highest BCUT2D eigenvalue weighted by Gasteiger charge is 2.03. The summed E-state index contributed by atoms with van der Waals surface area (Å²) < 4.78 is 18.5. The van der Waals surface area contributed by atoms with E-state index in [1.165, 1.54) is 24.4 Å². The summed E-state index contributed by atoms with van der Waals surface area (Å²) in [6.07, 6.45) is 4.36. The molecule has 0 atom stereocenters. The number of amides is 1. The molecule has 0 fully saturated rings. The van der Waals surface area contributed by atoms with Crippen molar-refractivity contribution in [2.45, 2.75) is 13.5 Å². The fraction of sp³-hybridized carbons (Fsp3) is 0.143. The van der Waals surface area contributed by atoms with Gasteiger partial charge in [-0.2, -0.15) is 0 Å². The summed E-state index contributed by atoms with van der Waals surface area (Å²) in [6.45, 7) is 1.87. The Morgan fingerprint density at radius 1 is 1.47 bits per heavy atom. The number of pyridine rings is 1. The van der Waals surface area contributed by atoms with E-state index in [1.54, 1.807) is 18.2 Å². The molecule has 0 aliphatic heterocycles. The van der Waals surface area contributed by atoms with Gasteiger partial charge in [-0.05, 0) is 37.3 Å². The molecule has 0 aliphatic rings. The van der Waals surface area contributed by atoms with Gasteiger partial charge in [-0.3, -0.25) is 9.78 Å². The molecule has 5 heteroatoms. The van der Waals surface area contributed by atoms with Crippen LogP contribution in [0.1, 0.15) is 17.2 Å². The number of aryl methyl sites for hydroxylation is 1. The lowest BCUT2D eigenvalue weighted by Crippen LogP contribution is -2.21. The van der Waals surface area contributed by atoms with Gasteiger partial charge >= 0.3 is 0 Å². The molecule has 19 heavy (non-hydrogen) atoms. The smallest absolute Gasteiger partial charge is 0.244 e. The lowest BCUT2D eigenvalue weighted by Gasteiger charge is -2.02. The summed E-state index contributed by atoms with van der Waals surface area (Å²) in [4.78, 5) is 15.4. The molecule has 0 unspecified atom stereocenters. The molecule has 1 N–H and O–H groups in total. The van der Waals surface area contributed by atoms with Gasteiger partial charge in [-0.25, -0.2) is 4.39 Å². The quantitative estimate of drug-likeness (QED) is 0.859. The van der Waals surface area contributed by atoms with E-state index in [-0.39, 0.29) is 18.1 Å². The summed E-state index contributed by atoms with van der Waals surface area (Å²) in [6, 6.07) is 6.37. The van der Waals surface area contributed by atoms with E-state index in [0.717, 1.165) is 5.76 Å². The first-order valence-corrected chi connectivity index (χ1v) is 5.77. The van der Waals surface area contributed by atoms with Crippen molar-refractivity contribution in [2.75, 3.05) is 0 Å². The summed E-state index contributed by atoms with van der Waals surface area (Å²) in [5.74, 6) is 0.597. The van der Waals surface area contributed by atoms with Crippen LogP contribution in [-0.2, 0) is 11.3 Å². The number of carbonyl (C=O) groups is 1. The maximum atomic E-state index is 13.2. The predicted molar refractivity (Wildman–Crippen MR) is 68.5 cm³/mol. The molecule has 2 aromatic heterocycles. The first-order chi connectivity index (χ1) is 9.15. The second-order valence-corrected chi connectivity index (χ2v) is 3.93. The van der Waals surface area contributed by atoms with Crippen molar-refractivity contribution < 1.29 is 13.6 Å². The van der Waals surface area contributed by atoms with Crippen molar-refractivity contribution in [3.05, 3.63) is 59.6 Å². The number of nitrogens with zero attached hydrogens (tertiary/aromatic N) is 1. The fourth-order valence-corrected chi connectivity index (χ4v) is 1.48. The van der Waals surface area contributed by atoms with Crippen LogP contribution in [0.25, 0.3) is 6.08 Å². The minimum absolute atomic E-state index is 0.0486. The van der Waals surface area contributed by atoms with Crippen molar-refractivity contribution in [2.24, 2.45) is 0 Å². The number of rotatable bonds is 4. The number of halogens is 1. The second-order valence-electron chi connectivity index (χ2n) is 3.93. The highest BCUT2D eigenvalue weighted by Crippen LogP contribution is 2.07. The van der Waals surface area contributed by atoms with Crippen LogP contribution in [0.2, 0.25) is 0 Å². The minimum Gasteiger partial charge on any atom is -0.462 e. The van der Waals surface area contributed by atoms with Gasteiger partial charge in [-0.15, -0.1) is 0 Å². The fourth-order valence-electron chi connectivity index (χ4n) is 1.48. The van der Waals surface area contributed by atoms with E-state index in [2.05, 4.69) is 10.3 Å². The molecule has 2 heterocycles. The lowest BCUT2D eigenvalue weighted by molar-refractivity contribution is -0.116. The summed E-state index contributed by atoms with van der Waals surface area (Å²) in [7, 11) is 0. The van der Waals surface area contributed by atoms with Crippen LogP contribution in [0, 0.1) is 12.7 Å². The van der Waals surface area contributed by atoms with Gasteiger partial charge in [0.15, 0.2) is 0 Å². The third-order valence-electron chi connectivity index (χ3n) is 2.42. The van der Waals surface area contributed by atoms with Crippen LogP contribution < -0.4 is 5.32 Å². The molecular weight excluding hydrogens is 247 g/mol. The van der Waals surface area contributed by atoms with Crippen molar-refractivity contribution in [3.63, 3.8) is 0 Å². The van der Waals surface area contributed by atoms with Crippen molar-refractivity contribution >= 4 is 12.0 Å². The summed E-state index contributed by atoms with van der Waals surface area (Å²) >= 11 is 0. The van der Waals surface area contributed by atoms with Crippen LogP contribution in [0.15, 0.2) is 41.0 Å². The Bertz CT molecular complexity index is 605. The lowest BCUT2D eigenvalue weighted by atomic mass is 10.3. The Morgan fingerprint density at radius 2 is 2.32 bits per heavy atom. The average molecular weight is 260 g/mol. The van der Waals surface area contributed by atoms with Crippen LogP contribution in [0.3, 0.4) is 0 Å². The van der Waals surface area contributed by atoms with Crippen LogP contribution in [0.5, 0.6) is 0 Å². The van der Waals surface area contributed by atoms with Crippen LogP contribution in [-0.4, -0.2) is 10.9 Å². The minimum atomic E-state index is -0.437. The van der Waals surface area contributed by atoms with Gasteiger partial charge in [0.25, 0.3) is 0 Å². The Balaban J connectivity index is 1.88. The third-order valence-corrected chi connectivity index (χ3v) is 2.42. The Morgan fingerprint density at radius 3 is 3.00 bits per heavy atom.